The summed E-state index contributed by atoms with van der Waals surface area (Å²) in [6.07, 6.45) is 5.01. The summed E-state index contributed by atoms with van der Waals surface area (Å²) >= 11 is 6.47. The molecule has 3 fully saturated rings. The van der Waals surface area contributed by atoms with Crippen LogP contribution in [0.3, 0.4) is 0 Å². The molecule has 0 N–H and O–H groups in total. The van der Waals surface area contributed by atoms with E-state index in [9.17, 15) is 9.59 Å². The Morgan fingerprint density at radius 2 is 2.20 bits per heavy atom. The van der Waals surface area contributed by atoms with Crippen LogP contribution in [0.25, 0.3) is 0 Å². The molecule has 1 unspecified atom stereocenters. The zero-order chi connectivity index (χ0) is 17.4. The molecule has 1 aromatic heterocycles. The number of likely N-dealkylation sites (tertiary alicyclic amines) is 1. The maximum atomic E-state index is 12.6. The number of aromatic nitrogens is 2. The van der Waals surface area contributed by atoms with Crippen LogP contribution in [0.5, 0.6) is 0 Å². The van der Waals surface area contributed by atoms with E-state index < -0.39 is 0 Å². The molecule has 1 aromatic rings. The third kappa shape index (κ3) is 3.87. The molecule has 3 heterocycles. The molecule has 0 radical (unpaired) electrons. The highest BCUT2D eigenvalue weighted by atomic mass is 32.2. The molecular formula is C16H20N4O3S2. The highest BCUT2D eigenvalue weighted by Gasteiger charge is 2.33. The van der Waals surface area contributed by atoms with E-state index in [-0.39, 0.29) is 18.4 Å². The van der Waals surface area contributed by atoms with Gasteiger partial charge in [0.25, 0.3) is 0 Å². The van der Waals surface area contributed by atoms with Crippen LogP contribution in [0.1, 0.15) is 43.3 Å². The number of piperidine rings is 1. The largest absolute Gasteiger partial charge is 0.341 e. The molecule has 3 aliphatic rings. The van der Waals surface area contributed by atoms with Crippen LogP contribution < -0.4 is 0 Å². The lowest BCUT2D eigenvalue weighted by atomic mass is 9.94. The van der Waals surface area contributed by atoms with Gasteiger partial charge in [-0.15, -0.1) is 0 Å². The average molecular weight is 380 g/mol. The highest BCUT2D eigenvalue weighted by Crippen LogP contribution is 2.38. The van der Waals surface area contributed by atoms with Crippen molar-refractivity contribution in [3.63, 3.8) is 0 Å². The lowest BCUT2D eigenvalue weighted by molar-refractivity contribution is -0.137. The monoisotopic (exact) mass is 380 g/mol. The highest BCUT2D eigenvalue weighted by molar-refractivity contribution is 8.23. The van der Waals surface area contributed by atoms with Gasteiger partial charge in [-0.1, -0.05) is 29.1 Å². The number of carbonyl (C=O) groups is 2. The predicted octanol–water partition coefficient (Wildman–Crippen LogP) is 1.59. The SMILES string of the molecule is O=C(CN1C(=O)CSC1=S)N1CCCC(Cc2nc(C3CC3)no2)C1. The van der Waals surface area contributed by atoms with Gasteiger partial charge in [0.1, 0.15) is 10.9 Å². The zero-order valence-corrected chi connectivity index (χ0v) is 15.5. The van der Waals surface area contributed by atoms with Crippen LogP contribution in [0.4, 0.5) is 0 Å². The number of nitrogens with zero attached hydrogens (tertiary/aromatic N) is 4. The molecule has 7 nitrogen and oxygen atoms in total. The Morgan fingerprint density at radius 3 is 2.92 bits per heavy atom. The van der Waals surface area contributed by atoms with Crippen LogP contribution in [-0.2, 0) is 16.0 Å². The number of thioether (sulfide) groups is 1. The van der Waals surface area contributed by atoms with E-state index in [1.807, 2.05) is 4.90 Å². The molecule has 1 aliphatic carbocycles. The maximum absolute atomic E-state index is 12.6. The summed E-state index contributed by atoms with van der Waals surface area (Å²) < 4.78 is 5.87. The molecule has 2 amide bonds. The van der Waals surface area contributed by atoms with Gasteiger partial charge < -0.3 is 9.42 Å². The Balaban J connectivity index is 1.32. The van der Waals surface area contributed by atoms with Crippen LogP contribution in [0.2, 0.25) is 0 Å². The minimum atomic E-state index is -0.0737. The smallest absolute Gasteiger partial charge is 0.242 e. The second-order valence-corrected chi connectivity index (χ2v) is 8.52. The van der Waals surface area contributed by atoms with E-state index in [4.69, 9.17) is 16.7 Å². The van der Waals surface area contributed by atoms with E-state index >= 15 is 0 Å². The molecule has 1 atom stereocenters. The first-order chi connectivity index (χ1) is 12.1. The van der Waals surface area contributed by atoms with Crippen LogP contribution in [-0.4, -0.2) is 61.5 Å². The number of amides is 2. The summed E-state index contributed by atoms with van der Waals surface area (Å²) in [6.45, 7) is 1.46. The summed E-state index contributed by atoms with van der Waals surface area (Å²) in [4.78, 5) is 32.1. The molecule has 0 aromatic carbocycles. The maximum Gasteiger partial charge on any atom is 0.242 e. The van der Waals surface area contributed by atoms with Gasteiger partial charge in [0.2, 0.25) is 17.7 Å². The second kappa shape index (κ2) is 7.03. The van der Waals surface area contributed by atoms with E-state index in [1.54, 1.807) is 0 Å². The quantitative estimate of drug-likeness (QED) is 0.718. The second-order valence-electron chi connectivity index (χ2n) is 6.91. The first kappa shape index (κ1) is 17.0. The fourth-order valence-electron chi connectivity index (χ4n) is 3.33. The van der Waals surface area contributed by atoms with Gasteiger partial charge in [0.15, 0.2) is 5.82 Å². The van der Waals surface area contributed by atoms with Crippen molar-refractivity contribution in [2.75, 3.05) is 25.4 Å². The van der Waals surface area contributed by atoms with Crippen molar-refractivity contribution in [1.82, 2.24) is 19.9 Å². The van der Waals surface area contributed by atoms with E-state index in [1.165, 1.54) is 16.7 Å². The molecule has 25 heavy (non-hydrogen) atoms. The Kier molecular flexibility index (Phi) is 4.77. The van der Waals surface area contributed by atoms with E-state index in [0.29, 0.717) is 40.8 Å². The molecular weight excluding hydrogens is 360 g/mol. The molecule has 2 saturated heterocycles. The number of thiocarbonyl (C=S) groups is 1. The van der Waals surface area contributed by atoms with Crippen LogP contribution in [0.15, 0.2) is 4.52 Å². The fraction of sp³-hybridized carbons (Fsp3) is 0.688. The molecule has 1 saturated carbocycles. The predicted molar refractivity (Wildman–Crippen MR) is 96.1 cm³/mol. The number of hydrogen-bond donors (Lipinski definition) is 0. The van der Waals surface area contributed by atoms with Crippen molar-refractivity contribution >= 4 is 40.1 Å². The Morgan fingerprint density at radius 1 is 1.36 bits per heavy atom. The Bertz CT molecular complexity index is 687. The van der Waals surface area contributed by atoms with Crippen molar-refractivity contribution in [3.05, 3.63) is 11.7 Å². The third-order valence-electron chi connectivity index (χ3n) is 4.90. The average Bonchev–Trinajstić information content (AvgIpc) is 3.29. The van der Waals surface area contributed by atoms with E-state index in [0.717, 1.165) is 38.1 Å². The van der Waals surface area contributed by atoms with Gasteiger partial charge in [0, 0.05) is 25.4 Å². The molecule has 0 spiro atoms. The van der Waals surface area contributed by atoms with Gasteiger partial charge in [-0.25, -0.2) is 0 Å². The van der Waals surface area contributed by atoms with Crippen molar-refractivity contribution in [3.8, 4) is 0 Å². The lowest BCUT2D eigenvalue weighted by Gasteiger charge is -2.33. The number of rotatable bonds is 5. The van der Waals surface area contributed by atoms with Gasteiger partial charge in [-0.05, 0) is 31.6 Å². The summed E-state index contributed by atoms with van der Waals surface area (Å²) in [5.74, 6) is 2.55. The summed E-state index contributed by atoms with van der Waals surface area (Å²) in [5, 5.41) is 4.06. The normalized spacial score (nSPS) is 24.2. The molecule has 9 heteroatoms. The number of hydrogen-bond acceptors (Lipinski definition) is 7. The van der Waals surface area contributed by atoms with Crippen molar-refractivity contribution in [2.24, 2.45) is 5.92 Å². The third-order valence-corrected chi connectivity index (χ3v) is 6.33. The van der Waals surface area contributed by atoms with Gasteiger partial charge in [-0.3, -0.25) is 14.5 Å². The lowest BCUT2D eigenvalue weighted by Crippen LogP contribution is -2.46. The molecule has 0 bridgehead atoms. The van der Waals surface area contributed by atoms with Gasteiger partial charge in [0.05, 0.1) is 5.75 Å². The Hall–Kier alpha value is -1.48. The topological polar surface area (TPSA) is 79.5 Å². The zero-order valence-electron chi connectivity index (χ0n) is 13.8. The van der Waals surface area contributed by atoms with Crippen LogP contribution >= 0.6 is 24.0 Å². The minimum absolute atomic E-state index is 0.0351. The fourth-order valence-corrected chi connectivity index (χ4v) is 4.40. The summed E-state index contributed by atoms with van der Waals surface area (Å²) in [5.41, 5.74) is 0. The van der Waals surface area contributed by atoms with Crippen LogP contribution in [0, 0.1) is 5.92 Å². The standard InChI is InChI=1S/C16H20N4O3S2/c21-13(8-20-14(22)9-25-16(20)24)19-5-1-2-10(7-19)6-12-17-15(18-23-12)11-3-4-11/h10-11H,1-9H2. The summed E-state index contributed by atoms with van der Waals surface area (Å²) in [7, 11) is 0. The van der Waals surface area contributed by atoms with Crippen molar-refractivity contribution in [1.29, 1.82) is 0 Å². The molecule has 2 aliphatic heterocycles. The number of carbonyl (C=O) groups excluding carboxylic acids is 2. The first-order valence-corrected chi connectivity index (χ1v) is 10.1. The van der Waals surface area contributed by atoms with Gasteiger partial charge in [-0.2, -0.15) is 4.98 Å². The van der Waals surface area contributed by atoms with E-state index in [2.05, 4.69) is 10.1 Å². The van der Waals surface area contributed by atoms with Gasteiger partial charge >= 0.3 is 0 Å². The van der Waals surface area contributed by atoms with Crippen molar-refractivity contribution in [2.45, 2.75) is 38.0 Å². The molecule has 134 valence electrons. The van der Waals surface area contributed by atoms with Crippen molar-refractivity contribution < 1.29 is 14.1 Å². The minimum Gasteiger partial charge on any atom is -0.341 e. The Labute approximate surface area is 155 Å². The summed E-state index contributed by atoms with van der Waals surface area (Å²) in [6, 6.07) is 0. The first-order valence-electron chi connectivity index (χ1n) is 8.67. The molecule has 4 rings (SSSR count).